The molecule has 1 spiro atoms. The van der Waals surface area contributed by atoms with Gasteiger partial charge in [0.15, 0.2) is 0 Å². The van der Waals surface area contributed by atoms with Crippen molar-refractivity contribution >= 4 is 0 Å². The lowest BCUT2D eigenvalue weighted by molar-refractivity contribution is -0.0649. The largest absolute Gasteiger partial charge is 0.393 e. The maximum Gasteiger partial charge on any atom is 0.0937 e. The van der Waals surface area contributed by atoms with Crippen molar-refractivity contribution in [3.8, 4) is 0 Å². The van der Waals surface area contributed by atoms with Crippen LogP contribution in [0.15, 0.2) is 22.8 Å². The minimum Gasteiger partial charge on any atom is -0.393 e. The summed E-state index contributed by atoms with van der Waals surface area (Å²) in [4.78, 5) is 2.84. The SMILES string of the molecule is CC1=C2C[C@@H]3[C@@H](CC=C4C[C@@H](O)CC[C@@]43C)[C@@H]2CC[C@]12O[C@@H]1C[C@H](C)CN(CCCCCCN)C1[C@H]2C. The summed E-state index contributed by atoms with van der Waals surface area (Å²) in [6.07, 6.45) is 17.2. The monoisotopic (exact) mass is 510 g/mol. The average Bonchev–Trinajstić information content (AvgIpc) is 3.39. The van der Waals surface area contributed by atoms with E-state index in [0.717, 1.165) is 49.5 Å². The molecule has 4 heteroatoms. The smallest absolute Gasteiger partial charge is 0.0937 e. The minimum atomic E-state index is -0.120. The first-order valence-corrected chi connectivity index (χ1v) is 16.0. The Morgan fingerprint density at radius 3 is 2.73 bits per heavy atom. The van der Waals surface area contributed by atoms with E-state index >= 15 is 0 Å². The van der Waals surface area contributed by atoms with E-state index in [0.29, 0.717) is 23.5 Å². The first kappa shape index (κ1) is 26.5. The van der Waals surface area contributed by atoms with E-state index in [1.807, 2.05) is 0 Å². The van der Waals surface area contributed by atoms with Crippen molar-refractivity contribution < 1.29 is 9.84 Å². The van der Waals surface area contributed by atoms with E-state index in [9.17, 15) is 5.11 Å². The minimum absolute atomic E-state index is 0.0452. The zero-order valence-electron chi connectivity index (χ0n) is 24.2. The highest BCUT2D eigenvalue weighted by Gasteiger charge is 2.61. The van der Waals surface area contributed by atoms with E-state index < -0.39 is 0 Å². The van der Waals surface area contributed by atoms with Gasteiger partial charge in [-0.3, -0.25) is 4.90 Å². The van der Waals surface area contributed by atoms with Gasteiger partial charge in [-0.25, -0.2) is 0 Å². The van der Waals surface area contributed by atoms with Gasteiger partial charge < -0.3 is 15.6 Å². The van der Waals surface area contributed by atoms with Crippen molar-refractivity contribution in [1.29, 1.82) is 0 Å². The predicted molar refractivity (Wildman–Crippen MR) is 151 cm³/mol. The van der Waals surface area contributed by atoms with Crippen LogP contribution >= 0.6 is 0 Å². The highest BCUT2D eigenvalue weighted by atomic mass is 16.5. The zero-order valence-corrected chi connectivity index (χ0v) is 24.2. The summed E-state index contributed by atoms with van der Waals surface area (Å²) < 4.78 is 7.31. The van der Waals surface area contributed by atoms with Crippen molar-refractivity contribution in [2.75, 3.05) is 19.6 Å². The number of allylic oxidation sites excluding steroid dienone is 2. The van der Waals surface area contributed by atoms with Crippen LogP contribution in [-0.2, 0) is 4.74 Å². The van der Waals surface area contributed by atoms with Crippen molar-refractivity contribution in [1.82, 2.24) is 4.90 Å². The van der Waals surface area contributed by atoms with Crippen LogP contribution in [0.3, 0.4) is 0 Å². The first-order valence-electron chi connectivity index (χ1n) is 16.0. The summed E-state index contributed by atoms with van der Waals surface area (Å²) in [7, 11) is 0. The molecule has 1 unspecified atom stereocenters. The highest BCUT2D eigenvalue weighted by molar-refractivity contribution is 5.38. The van der Waals surface area contributed by atoms with Gasteiger partial charge in [0.25, 0.3) is 0 Å². The Bertz CT molecular complexity index is 927. The Morgan fingerprint density at radius 1 is 1.11 bits per heavy atom. The van der Waals surface area contributed by atoms with Crippen molar-refractivity contribution in [2.24, 2.45) is 40.7 Å². The Hall–Kier alpha value is -0.680. The number of aliphatic hydroxyl groups excluding tert-OH is 1. The topological polar surface area (TPSA) is 58.7 Å². The van der Waals surface area contributed by atoms with Crippen molar-refractivity contribution in [3.63, 3.8) is 0 Å². The third kappa shape index (κ3) is 4.23. The molecule has 2 saturated carbocycles. The van der Waals surface area contributed by atoms with Gasteiger partial charge in [-0.1, -0.05) is 50.8 Å². The predicted octanol–water partition coefficient (Wildman–Crippen LogP) is 6.23. The fourth-order valence-electron chi connectivity index (χ4n) is 10.5. The molecule has 2 heterocycles. The van der Waals surface area contributed by atoms with E-state index in [4.69, 9.17) is 10.5 Å². The van der Waals surface area contributed by atoms with Gasteiger partial charge in [0, 0.05) is 18.5 Å². The number of ether oxygens (including phenoxy) is 1. The molecule has 2 aliphatic heterocycles. The second kappa shape index (κ2) is 10.1. The normalized spacial score (nSPS) is 47.5. The Morgan fingerprint density at radius 2 is 1.92 bits per heavy atom. The van der Waals surface area contributed by atoms with Crippen LogP contribution in [0.25, 0.3) is 0 Å². The molecular weight excluding hydrogens is 456 g/mol. The zero-order chi connectivity index (χ0) is 25.9. The number of likely N-dealkylation sites (tertiary alicyclic amines) is 1. The number of aliphatic hydroxyl groups is 1. The number of hydrogen-bond donors (Lipinski definition) is 2. The molecule has 6 rings (SSSR count). The standard InChI is InChI=1S/C33H54N2O2/c1-21-17-30-31(35(20-21)16-8-6-5-7-15-34)23(3)33(37-30)14-12-26-27-10-9-24-18-25(36)11-13-32(24,4)29(27)19-28(26)22(33)2/h9,21,23,25-27,29-31,36H,5-8,10-20,34H2,1-4H3/t21-,23+,25-,26-,27-,29+,30+,31?,32-,33-/m0/s1. The number of nitrogens with two attached hydrogens (primary N) is 1. The van der Waals surface area contributed by atoms with Crippen LogP contribution in [0.2, 0.25) is 0 Å². The van der Waals surface area contributed by atoms with Gasteiger partial charge >= 0.3 is 0 Å². The molecule has 4 nitrogen and oxygen atoms in total. The molecule has 0 amide bonds. The second-order valence-electron chi connectivity index (χ2n) is 14.4. The molecule has 0 aromatic rings. The van der Waals surface area contributed by atoms with Gasteiger partial charge in [0.2, 0.25) is 0 Å². The number of piperidine rings is 1. The van der Waals surface area contributed by atoms with Gasteiger partial charge in [0.1, 0.15) is 0 Å². The molecular formula is C33H54N2O2. The van der Waals surface area contributed by atoms with Crippen LogP contribution in [0, 0.1) is 35.0 Å². The molecule has 37 heavy (non-hydrogen) atoms. The molecule has 3 N–H and O–H groups in total. The average molecular weight is 511 g/mol. The molecule has 4 fully saturated rings. The van der Waals surface area contributed by atoms with Crippen molar-refractivity contribution in [3.05, 3.63) is 22.8 Å². The summed E-state index contributed by atoms with van der Waals surface area (Å²) in [6.45, 7) is 13.3. The second-order valence-corrected chi connectivity index (χ2v) is 14.4. The van der Waals surface area contributed by atoms with Gasteiger partial charge in [0.05, 0.1) is 17.8 Å². The number of fused-ring (bicyclic) bond motifs is 6. The summed E-state index contributed by atoms with van der Waals surface area (Å²) in [5.41, 5.74) is 11.0. The Kier molecular flexibility index (Phi) is 7.21. The summed E-state index contributed by atoms with van der Waals surface area (Å²) in [5.74, 6) is 3.61. The number of hydrogen-bond acceptors (Lipinski definition) is 4. The molecule has 2 saturated heterocycles. The van der Waals surface area contributed by atoms with Crippen molar-refractivity contribution in [2.45, 2.75) is 129 Å². The molecule has 0 bridgehead atoms. The fourth-order valence-corrected chi connectivity index (χ4v) is 10.5. The summed E-state index contributed by atoms with van der Waals surface area (Å²) >= 11 is 0. The quantitative estimate of drug-likeness (QED) is 0.328. The number of nitrogens with zero attached hydrogens (tertiary/aromatic N) is 1. The third-order valence-electron chi connectivity index (χ3n) is 12.5. The van der Waals surface area contributed by atoms with E-state index in [1.165, 1.54) is 70.9 Å². The van der Waals surface area contributed by atoms with Crippen LogP contribution in [0.5, 0.6) is 0 Å². The maximum absolute atomic E-state index is 10.4. The van der Waals surface area contributed by atoms with Crippen LogP contribution < -0.4 is 5.73 Å². The van der Waals surface area contributed by atoms with Gasteiger partial charge in [-0.15, -0.1) is 0 Å². The van der Waals surface area contributed by atoms with Crippen LogP contribution in [-0.4, -0.2) is 53.5 Å². The van der Waals surface area contributed by atoms with E-state index in [1.54, 1.807) is 16.7 Å². The Balaban J connectivity index is 1.24. The lowest BCUT2D eigenvalue weighted by Crippen LogP contribution is -2.52. The van der Waals surface area contributed by atoms with Crippen LogP contribution in [0.1, 0.15) is 105 Å². The molecule has 10 atom stereocenters. The maximum atomic E-state index is 10.4. The summed E-state index contributed by atoms with van der Waals surface area (Å²) in [6, 6.07) is 0.576. The lowest BCUT2D eigenvalue weighted by atomic mass is 9.56. The van der Waals surface area contributed by atoms with Crippen LogP contribution in [0.4, 0.5) is 0 Å². The first-order chi connectivity index (χ1) is 17.8. The molecule has 0 radical (unpaired) electrons. The van der Waals surface area contributed by atoms with E-state index in [2.05, 4.69) is 38.7 Å². The molecule has 0 aromatic heterocycles. The van der Waals surface area contributed by atoms with E-state index in [-0.39, 0.29) is 11.7 Å². The fraction of sp³-hybridized carbons (Fsp3) is 0.879. The lowest BCUT2D eigenvalue weighted by Gasteiger charge is -2.49. The van der Waals surface area contributed by atoms with Gasteiger partial charge in [-0.2, -0.15) is 0 Å². The molecule has 4 aliphatic carbocycles. The van der Waals surface area contributed by atoms with Gasteiger partial charge in [-0.05, 0) is 119 Å². The molecule has 6 aliphatic rings. The number of rotatable bonds is 6. The summed E-state index contributed by atoms with van der Waals surface area (Å²) in [5, 5.41) is 10.4. The highest BCUT2D eigenvalue weighted by Crippen LogP contribution is 2.65. The molecule has 208 valence electrons. The number of unbranched alkanes of at least 4 members (excludes halogenated alkanes) is 3. The third-order valence-corrected chi connectivity index (χ3v) is 12.5. The Labute approximate surface area is 226 Å². The molecule has 0 aromatic carbocycles.